The molecule has 0 radical (unpaired) electrons. The molecule has 4 nitrogen and oxygen atoms in total. The first kappa shape index (κ1) is 17.4. The molecule has 4 heteroatoms. The van der Waals surface area contributed by atoms with Crippen molar-refractivity contribution in [3.05, 3.63) is 0 Å². The zero-order chi connectivity index (χ0) is 14.8. The molecule has 1 fully saturated rings. The van der Waals surface area contributed by atoms with Crippen molar-refractivity contribution in [3.8, 4) is 0 Å². The van der Waals surface area contributed by atoms with Gasteiger partial charge in [-0.1, -0.05) is 33.1 Å². The zero-order valence-electron chi connectivity index (χ0n) is 13.5. The minimum Gasteiger partial charge on any atom is -0.465 e. The van der Waals surface area contributed by atoms with Gasteiger partial charge in [0.05, 0.1) is 6.61 Å². The van der Waals surface area contributed by atoms with Crippen molar-refractivity contribution < 1.29 is 9.53 Å². The standard InChI is InChI=1S/C16H32N2O2/c1-4-18(5-2)13-12-17-15(16(19)20-6-3)14-10-8-7-9-11-14/h14-15,17H,4-13H2,1-3H3. The Morgan fingerprint density at radius 1 is 1.20 bits per heavy atom. The van der Waals surface area contributed by atoms with E-state index in [1.165, 1.54) is 19.3 Å². The predicted octanol–water partition coefficient (Wildman–Crippen LogP) is 2.43. The molecule has 1 aliphatic carbocycles. The minimum absolute atomic E-state index is 0.0565. The van der Waals surface area contributed by atoms with Crippen molar-refractivity contribution in [1.29, 1.82) is 0 Å². The third-order valence-electron chi connectivity index (χ3n) is 4.35. The van der Waals surface area contributed by atoms with E-state index in [0.29, 0.717) is 12.5 Å². The quantitative estimate of drug-likeness (QED) is 0.660. The van der Waals surface area contributed by atoms with E-state index >= 15 is 0 Å². The summed E-state index contributed by atoms with van der Waals surface area (Å²) in [5, 5.41) is 3.46. The molecule has 0 bridgehead atoms. The first-order valence-electron chi connectivity index (χ1n) is 8.35. The van der Waals surface area contributed by atoms with Crippen LogP contribution in [0.2, 0.25) is 0 Å². The Hall–Kier alpha value is -0.610. The van der Waals surface area contributed by atoms with Crippen LogP contribution in [0.3, 0.4) is 0 Å². The smallest absolute Gasteiger partial charge is 0.323 e. The second-order valence-corrected chi connectivity index (χ2v) is 5.61. The lowest BCUT2D eigenvalue weighted by molar-refractivity contribution is -0.147. The lowest BCUT2D eigenvalue weighted by Gasteiger charge is -2.30. The number of ether oxygens (including phenoxy) is 1. The van der Waals surface area contributed by atoms with Crippen LogP contribution in [0.25, 0.3) is 0 Å². The molecular weight excluding hydrogens is 252 g/mol. The van der Waals surface area contributed by atoms with Gasteiger partial charge in [0.1, 0.15) is 6.04 Å². The van der Waals surface area contributed by atoms with Crippen LogP contribution in [0.1, 0.15) is 52.9 Å². The van der Waals surface area contributed by atoms with Gasteiger partial charge >= 0.3 is 5.97 Å². The van der Waals surface area contributed by atoms with Crippen LogP contribution >= 0.6 is 0 Å². The summed E-state index contributed by atoms with van der Waals surface area (Å²) >= 11 is 0. The number of hydrogen-bond donors (Lipinski definition) is 1. The molecule has 0 amide bonds. The molecular formula is C16H32N2O2. The van der Waals surface area contributed by atoms with Crippen LogP contribution < -0.4 is 5.32 Å². The highest BCUT2D eigenvalue weighted by Gasteiger charge is 2.30. The Morgan fingerprint density at radius 2 is 1.85 bits per heavy atom. The lowest BCUT2D eigenvalue weighted by Crippen LogP contribution is -2.47. The number of esters is 1. The van der Waals surface area contributed by atoms with Gasteiger partial charge in [-0.05, 0) is 38.8 Å². The molecule has 20 heavy (non-hydrogen) atoms. The van der Waals surface area contributed by atoms with Gasteiger partial charge in [0.15, 0.2) is 0 Å². The fourth-order valence-corrected chi connectivity index (χ4v) is 3.06. The summed E-state index contributed by atoms with van der Waals surface area (Å²) in [5.74, 6) is 0.401. The third-order valence-corrected chi connectivity index (χ3v) is 4.35. The summed E-state index contributed by atoms with van der Waals surface area (Å²) < 4.78 is 5.25. The van der Waals surface area contributed by atoms with E-state index in [1.54, 1.807) is 0 Å². The monoisotopic (exact) mass is 284 g/mol. The molecule has 1 rings (SSSR count). The highest BCUT2D eigenvalue weighted by Crippen LogP contribution is 2.27. The first-order valence-corrected chi connectivity index (χ1v) is 8.35. The van der Waals surface area contributed by atoms with Gasteiger partial charge in [-0.3, -0.25) is 4.79 Å². The van der Waals surface area contributed by atoms with Crippen molar-refractivity contribution in [2.45, 2.75) is 58.9 Å². The van der Waals surface area contributed by atoms with Gasteiger partial charge in [0.25, 0.3) is 0 Å². The molecule has 0 heterocycles. The van der Waals surface area contributed by atoms with Crippen LogP contribution in [-0.2, 0) is 9.53 Å². The van der Waals surface area contributed by atoms with E-state index in [-0.39, 0.29) is 12.0 Å². The number of rotatable bonds is 9. The minimum atomic E-state index is -0.106. The summed E-state index contributed by atoms with van der Waals surface area (Å²) in [6.07, 6.45) is 6.12. The van der Waals surface area contributed by atoms with Gasteiger partial charge in [-0.15, -0.1) is 0 Å². The molecule has 1 atom stereocenters. The zero-order valence-corrected chi connectivity index (χ0v) is 13.5. The molecule has 1 saturated carbocycles. The maximum atomic E-state index is 12.2. The molecule has 1 unspecified atom stereocenters. The van der Waals surface area contributed by atoms with E-state index < -0.39 is 0 Å². The summed E-state index contributed by atoms with van der Waals surface area (Å²) in [4.78, 5) is 14.5. The Kier molecular flexibility index (Phi) is 8.86. The molecule has 118 valence electrons. The van der Waals surface area contributed by atoms with Crippen LogP contribution in [-0.4, -0.2) is 49.7 Å². The number of carbonyl (C=O) groups excluding carboxylic acids is 1. The SMILES string of the molecule is CCOC(=O)C(NCCN(CC)CC)C1CCCCC1. The Balaban J connectivity index is 2.46. The predicted molar refractivity (Wildman–Crippen MR) is 82.8 cm³/mol. The Morgan fingerprint density at radius 3 is 2.40 bits per heavy atom. The molecule has 0 spiro atoms. The highest BCUT2D eigenvalue weighted by atomic mass is 16.5. The fraction of sp³-hybridized carbons (Fsp3) is 0.938. The molecule has 0 saturated heterocycles. The topological polar surface area (TPSA) is 41.6 Å². The lowest BCUT2D eigenvalue weighted by atomic mass is 9.84. The van der Waals surface area contributed by atoms with Crippen LogP contribution in [0.4, 0.5) is 0 Å². The summed E-state index contributed by atoms with van der Waals surface area (Å²) in [6, 6.07) is -0.106. The van der Waals surface area contributed by atoms with Gasteiger partial charge in [0.2, 0.25) is 0 Å². The van der Waals surface area contributed by atoms with Crippen molar-refractivity contribution >= 4 is 5.97 Å². The molecule has 0 aromatic rings. The normalized spacial score (nSPS) is 18.2. The van der Waals surface area contributed by atoms with Gasteiger partial charge in [0, 0.05) is 13.1 Å². The number of hydrogen-bond acceptors (Lipinski definition) is 4. The Labute approximate surface area is 124 Å². The van der Waals surface area contributed by atoms with Crippen LogP contribution in [0, 0.1) is 5.92 Å². The van der Waals surface area contributed by atoms with E-state index in [0.717, 1.165) is 39.0 Å². The number of likely N-dealkylation sites (N-methyl/N-ethyl adjacent to an activating group) is 1. The molecule has 1 aliphatic rings. The number of carbonyl (C=O) groups is 1. The maximum Gasteiger partial charge on any atom is 0.323 e. The maximum absolute atomic E-state index is 12.2. The summed E-state index contributed by atoms with van der Waals surface area (Å²) in [7, 11) is 0. The molecule has 1 N–H and O–H groups in total. The van der Waals surface area contributed by atoms with Crippen LogP contribution in [0.5, 0.6) is 0 Å². The number of nitrogens with one attached hydrogen (secondary N) is 1. The van der Waals surface area contributed by atoms with E-state index in [2.05, 4.69) is 24.1 Å². The van der Waals surface area contributed by atoms with Crippen molar-refractivity contribution in [3.63, 3.8) is 0 Å². The average molecular weight is 284 g/mol. The molecule has 0 aliphatic heterocycles. The van der Waals surface area contributed by atoms with E-state index in [9.17, 15) is 4.79 Å². The largest absolute Gasteiger partial charge is 0.465 e. The second-order valence-electron chi connectivity index (χ2n) is 5.61. The van der Waals surface area contributed by atoms with E-state index in [1.807, 2.05) is 6.92 Å². The summed E-state index contributed by atoms with van der Waals surface area (Å²) in [5.41, 5.74) is 0. The average Bonchev–Trinajstić information content (AvgIpc) is 2.48. The van der Waals surface area contributed by atoms with Crippen molar-refractivity contribution in [2.24, 2.45) is 5.92 Å². The summed E-state index contributed by atoms with van der Waals surface area (Å²) in [6.45, 7) is 10.7. The van der Waals surface area contributed by atoms with Crippen molar-refractivity contribution in [2.75, 3.05) is 32.8 Å². The van der Waals surface area contributed by atoms with Gasteiger partial charge in [-0.25, -0.2) is 0 Å². The molecule has 0 aromatic heterocycles. The third kappa shape index (κ3) is 5.80. The Bertz CT molecular complexity index is 261. The molecule has 0 aromatic carbocycles. The van der Waals surface area contributed by atoms with Crippen molar-refractivity contribution in [1.82, 2.24) is 10.2 Å². The van der Waals surface area contributed by atoms with E-state index in [4.69, 9.17) is 4.74 Å². The fourth-order valence-electron chi connectivity index (χ4n) is 3.06. The number of nitrogens with zero attached hydrogens (tertiary/aromatic N) is 1. The second kappa shape index (κ2) is 10.2. The van der Waals surface area contributed by atoms with Gasteiger partial charge in [-0.2, -0.15) is 0 Å². The first-order chi connectivity index (χ1) is 9.72. The highest BCUT2D eigenvalue weighted by molar-refractivity contribution is 5.76. The van der Waals surface area contributed by atoms with Crippen LogP contribution in [0.15, 0.2) is 0 Å². The van der Waals surface area contributed by atoms with Gasteiger partial charge < -0.3 is 15.0 Å².